The molecule has 0 aromatic carbocycles. The zero-order valence-corrected chi connectivity index (χ0v) is 10.1. The normalized spacial score (nSPS) is 27.4. The van der Waals surface area contributed by atoms with Gasteiger partial charge in [0, 0.05) is 19.9 Å². The van der Waals surface area contributed by atoms with E-state index in [0.717, 1.165) is 0 Å². The molecule has 2 rings (SSSR count). The fraction of sp³-hybridized carbons (Fsp3) is 0.636. The summed E-state index contributed by atoms with van der Waals surface area (Å²) in [5, 5.41) is 21.7. The van der Waals surface area contributed by atoms with Gasteiger partial charge in [0.05, 0.1) is 12.1 Å². The van der Waals surface area contributed by atoms with Crippen LogP contribution in [-0.2, 0) is 0 Å². The summed E-state index contributed by atoms with van der Waals surface area (Å²) in [6, 6.07) is -0.404. The lowest BCUT2D eigenvalue weighted by Gasteiger charge is -2.17. The maximum atomic E-state index is 11.7. The van der Waals surface area contributed by atoms with Crippen molar-refractivity contribution in [2.45, 2.75) is 25.0 Å². The SMILES string of the molecule is CNc1cn(C2CC(CO)CC2O)c(=O)[nH]c1=O. The van der Waals surface area contributed by atoms with Gasteiger partial charge in [-0.2, -0.15) is 0 Å². The second kappa shape index (κ2) is 4.95. The molecule has 1 fully saturated rings. The van der Waals surface area contributed by atoms with Gasteiger partial charge < -0.3 is 15.5 Å². The molecule has 7 heteroatoms. The molecule has 18 heavy (non-hydrogen) atoms. The summed E-state index contributed by atoms with van der Waals surface area (Å²) in [6.07, 6.45) is 1.71. The van der Waals surface area contributed by atoms with Gasteiger partial charge in [-0.05, 0) is 18.8 Å². The van der Waals surface area contributed by atoms with E-state index < -0.39 is 23.4 Å². The Balaban J connectivity index is 2.39. The third-order valence-electron chi connectivity index (χ3n) is 3.45. The van der Waals surface area contributed by atoms with Crippen LogP contribution in [0.25, 0.3) is 0 Å². The molecule has 0 bridgehead atoms. The second-order valence-corrected chi connectivity index (χ2v) is 4.61. The highest BCUT2D eigenvalue weighted by molar-refractivity contribution is 5.36. The zero-order valence-electron chi connectivity index (χ0n) is 10.1. The Morgan fingerprint density at radius 1 is 1.50 bits per heavy atom. The van der Waals surface area contributed by atoms with Crippen molar-refractivity contribution < 1.29 is 10.2 Å². The molecule has 1 aromatic heterocycles. The summed E-state index contributed by atoms with van der Waals surface area (Å²) in [5.74, 6) is -0.0122. The van der Waals surface area contributed by atoms with Crippen molar-refractivity contribution in [1.82, 2.24) is 9.55 Å². The molecule has 0 aliphatic heterocycles. The lowest BCUT2D eigenvalue weighted by atomic mass is 10.1. The van der Waals surface area contributed by atoms with Gasteiger partial charge in [0.25, 0.3) is 5.56 Å². The van der Waals surface area contributed by atoms with E-state index in [1.165, 1.54) is 10.8 Å². The number of nitrogens with zero attached hydrogens (tertiary/aromatic N) is 1. The van der Waals surface area contributed by atoms with Crippen LogP contribution in [0.15, 0.2) is 15.8 Å². The third kappa shape index (κ3) is 2.19. The lowest BCUT2D eigenvalue weighted by molar-refractivity contribution is 0.129. The number of aromatic amines is 1. The van der Waals surface area contributed by atoms with Crippen LogP contribution in [0, 0.1) is 5.92 Å². The number of aromatic nitrogens is 2. The monoisotopic (exact) mass is 255 g/mol. The summed E-state index contributed by atoms with van der Waals surface area (Å²) in [7, 11) is 1.58. The van der Waals surface area contributed by atoms with Gasteiger partial charge in [0.2, 0.25) is 0 Å². The molecule has 1 aliphatic rings. The van der Waals surface area contributed by atoms with Gasteiger partial charge in [0.1, 0.15) is 5.69 Å². The van der Waals surface area contributed by atoms with E-state index in [-0.39, 0.29) is 18.2 Å². The van der Waals surface area contributed by atoms with Crippen LogP contribution in [0.3, 0.4) is 0 Å². The molecule has 0 radical (unpaired) electrons. The Kier molecular flexibility index (Phi) is 3.53. The molecular weight excluding hydrogens is 238 g/mol. The first-order valence-electron chi connectivity index (χ1n) is 5.89. The smallest absolute Gasteiger partial charge is 0.328 e. The first kappa shape index (κ1) is 12.8. The van der Waals surface area contributed by atoms with Gasteiger partial charge in [-0.1, -0.05) is 0 Å². The van der Waals surface area contributed by atoms with Gasteiger partial charge in [0.15, 0.2) is 0 Å². The Morgan fingerprint density at radius 2 is 2.22 bits per heavy atom. The van der Waals surface area contributed by atoms with Gasteiger partial charge >= 0.3 is 5.69 Å². The van der Waals surface area contributed by atoms with Crippen LogP contribution >= 0.6 is 0 Å². The first-order chi connectivity index (χ1) is 8.56. The number of rotatable bonds is 3. The van der Waals surface area contributed by atoms with Crippen LogP contribution in [0.5, 0.6) is 0 Å². The van der Waals surface area contributed by atoms with Crippen LogP contribution in [0.2, 0.25) is 0 Å². The van der Waals surface area contributed by atoms with Gasteiger partial charge in [-0.3, -0.25) is 14.3 Å². The predicted octanol–water partition coefficient (Wildman–Crippen LogP) is -1.12. The highest BCUT2D eigenvalue weighted by Gasteiger charge is 2.34. The van der Waals surface area contributed by atoms with E-state index in [2.05, 4.69) is 10.3 Å². The van der Waals surface area contributed by atoms with E-state index in [9.17, 15) is 14.7 Å². The Hall–Kier alpha value is -1.60. The summed E-state index contributed by atoms with van der Waals surface area (Å²) in [4.78, 5) is 25.4. The minimum absolute atomic E-state index is 0.00938. The van der Waals surface area contributed by atoms with Crippen molar-refractivity contribution in [2.24, 2.45) is 5.92 Å². The number of aliphatic hydroxyl groups is 2. The molecule has 0 spiro atoms. The lowest BCUT2D eigenvalue weighted by Crippen LogP contribution is -2.35. The molecule has 1 aromatic rings. The molecule has 1 saturated carbocycles. The number of aliphatic hydroxyl groups excluding tert-OH is 2. The second-order valence-electron chi connectivity index (χ2n) is 4.61. The van der Waals surface area contributed by atoms with Crippen molar-refractivity contribution in [3.63, 3.8) is 0 Å². The quantitative estimate of drug-likeness (QED) is 0.547. The van der Waals surface area contributed by atoms with Crippen molar-refractivity contribution in [1.29, 1.82) is 0 Å². The van der Waals surface area contributed by atoms with Crippen LogP contribution < -0.4 is 16.6 Å². The molecule has 7 nitrogen and oxygen atoms in total. The topological polar surface area (TPSA) is 107 Å². The molecule has 4 N–H and O–H groups in total. The average molecular weight is 255 g/mol. The number of nitrogens with one attached hydrogen (secondary N) is 2. The minimum Gasteiger partial charge on any atom is -0.396 e. The molecule has 1 heterocycles. The highest BCUT2D eigenvalue weighted by Crippen LogP contribution is 2.33. The Bertz CT molecular complexity index is 536. The number of anilines is 1. The Labute approximate surface area is 103 Å². The molecular formula is C11H17N3O4. The summed E-state index contributed by atoms with van der Waals surface area (Å²) < 4.78 is 1.33. The molecule has 100 valence electrons. The van der Waals surface area contributed by atoms with Crippen molar-refractivity contribution in [3.8, 4) is 0 Å². The van der Waals surface area contributed by atoms with E-state index in [4.69, 9.17) is 5.11 Å². The fourth-order valence-corrected chi connectivity index (χ4v) is 2.45. The van der Waals surface area contributed by atoms with Crippen molar-refractivity contribution in [2.75, 3.05) is 19.0 Å². The van der Waals surface area contributed by atoms with Gasteiger partial charge in [-0.25, -0.2) is 4.79 Å². The van der Waals surface area contributed by atoms with Crippen molar-refractivity contribution >= 4 is 5.69 Å². The van der Waals surface area contributed by atoms with Crippen molar-refractivity contribution in [3.05, 3.63) is 27.0 Å². The third-order valence-corrected chi connectivity index (χ3v) is 3.45. The Morgan fingerprint density at radius 3 is 2.78 bits per heavy atom. The van der Waals surface area contributed by atoms with E-state index in [0.29, 0.717) is 12.8 Å². The maximum absolute atomic E-state index is 11.7. The fourth-order valence-electron chi connectivity index (χ4n) is 2.45. The van der Waals surface area contributed by atoms with Crippen LogP contribution in [0.1, 0.15) is 18.9 Å². The molecule has 0 amide bonds. The maximum Gasteiger partial charge on any atom is 0.328 e. The minimum atomic E-state index is -0.685. The largest absolute Gasteiger partial charge is 0.396 e. The van der Waals surface area contributed by atoms with E-state index >= 15 is 0 Å². The summed E-state index contributed by atoms with van der Waals surface area (Å²) in [5.41, 5.74) is -0.749. The molecule has 0 saturated heterocycles. The standard InChI is InChI=1S/C11H17N3O4/c1-12-7-4-14(11(18)13-10(7)17)8-2-6(5-15)3-9(8)16/h4,6,8-9,12,15-16H,2-3,5H2,1H3,(H,13,17,18). The van der Waals surface area contributed by atoms with E-state index in [1.54, 1.807) is 7.05 Å². The molecule has 3 atom stereocenters. The van der Waals surface area contributed by atoms with E-state index in [1.807, 2.05) is 0 Å². The average Bonchev–Trinajstić information content (AvgIpc) is 2.71. The predicted molar refractivity (Wildman–Crippen MR) is 65.7 cm³/mol. The summed E-state index contributed by atoms with van der Waals surface area (Å²) in [6.45, 7) is -0.00938. The number of hydrogen-bond donors (Lipinski definition) is 4. The molecule has 3 unspecified atom stereocenters. The van der Waals surface area contributed by atoms with Gasteiger partial charge in [-0.15, -0.1) is 0 Å². The first-order valence-corrected chi connectivity index (χ1v) is 5.89. The molecule has 1 aliphatic carbocycles. The highest BCUT2D eigenvalue weighted by atomic mass is 16.3. The van der Waals surface area contributed by atoms with Crippen LogP contribution in [-0.4, -0.2) is 39.5 Å². The van der Waals surface area contributed by atoms with Crippen LogP contribution in [0.4, 0.5) is 5.69 Å². The number of H-pyrrole nitrogens is 1. The zero-order chi connectivity index (χ0) is 13.3. The summed E-state index contributed by atoms with van der Waals surface area (Å²) >= 11 is 0. The number of hydrogen-bond acceptors (Lipinski definition) is 5.